The molecule has 1 aromatic rings. The van der Waals surface area contributed by atoms with E-state index in [0.29, 0.717) is 17.9 Å². The first kappa shape index (κ1) is 16.5. The molecule has 2 N–H and O–H groups in total. The van der Waals surface area contributed by atoms with Crippen LogP contribution in [0.1, 0.15) is 13.8 Å². The summed E-state index contributed by atoms with van der Waals surface area (Å²) in [7, 11) is 0. The van der Waals surface area contributed by atoms with Gasteiger partial charge in [0.2, 0.25) is 5.91 Å². The van der Waals surface area contributed by atoms with Gasteiger partial charge in [-0.3, -0.25) is 19.8 Å². The lowest BCUT2D eigenvalue weighted by Crippen LogP contribution is -2.35. The van der Waals surface area contributed by atoms with E-state index in [2.05, 4.69) is 10.6 Å². The molecule has 9 nitrogen and oxygen atoms in total. The van der Waals surface area contributed by atoms with E-state index in [1.165, 1.54) is 23.1 Å². The van der Waals surface area contributed by atoms with Crippen molar-refractivity contribution in [2.75, 3.05) is 29.9 Å². The van der Waals surface area contributed by atoms with Gasteiger partial charge in [-0.15, -0.1) is 0 Å². The summed E-state index contributed by atoms with van der Waals surface area (Å²) >= 11 is 0. The second-order valence-electron chi connectivity index (χ2n) is 5.30. The van der Waals surface area contributed by atoms with Crippen LogP contribution in [0.5, 0.6) is 0 Å². The second kappa shape index (κ2) is 6.95. The topological polar surface area (TPSA) is 114 Å². The largest absolute Gasteiger partial charge is 0.447 e. The standard InChI is InChI=1S/C14H18N4O5/c1-9(2)16-13(19)8-15-11-4-3-10(18(21)22)7-12(11)17-5-6-23-14(17)20/h3-4,7,9,15H,5-6,8H2,1-2H3,(H,16,19). The van der Waals surface area contributed by atoms with Crippen LogP contribution in [0.2, 0.25) is 0 Å². The van der Waals surface area contributed by atoms with Gasteiger partial charge in [-0.1, -0.05) is 0 Å². The summed E-state index contributed by atoms with van der Waals surface area (Å²) in [6.07, 6.45) is -0.569. The normalized spacial score (nSPS) is 13.9. The molecule has 1 aromatic carbocycles. The number of cyclic esters (lactones) is 1. The van der Waals surface area contributed by atoms with Gasteiger partial charge in [0.15, 0.2) is 0 Å². The molecule has 1 saturated heterocycles. The highest BCUT2D eigenvalue weighted by atomic mass is 16.6. The SMILES string of the molecule is CC(C)NC(=O)CNc1ccc([N+](=O)[O-])cc1N1CCOC1=O. The summed E-state index contributed by atoms with van der Waals surface area (Å²) in [5.74, 6) is -0.215. The predicted octanol–water partition coefficient (Wildman–Crippen LogP) is 1.49. The van der Waals surface area contributed by atoms with Gasteiger partial charge in [0.05, 0.1) is 29.4 Å². The highest BCUT2D eigenvalue weighted by Gasteiger charge is 2.27. The van der Waals surface area contributed by atoms with E-state index in [0.717, 1.165) is 0 Å². The van der Waals surface area contributed by atoms with E-state index >= 15 is 0 Å². The smallest absolute Gasteiger partial charge is 0.414 e. The number of carbonyl (C=O) groups excluding carboxylic acids is 2. The molecular formula is C14H18N4O5. The molecule has 1 heterocycles. The van der Waals surface area contributed by atoms with Crippen molar-refractivity contribution < 1.29 is 19.2 Å². The molecule has 2 amide bonds. The number of hydrogen-bond acceptors (Lipinski definition) is 6. The molecule has 0 saturated carbocycles. The minimum atomic E-state index is -0.569. The van der Waals surface area contributed by atoms with Gasteiger partial charge >= 0.3 is 6.09 Å². The Labute approximate surface area is 132 Å². The Morgan fingerprint density at radius 3 is 2.78 bits per heavy atom. The van der Waals surface area contributed by atoms with Crippen LogP contribution in [0.15, 0.2) is 18.2 Å². The Kier molecular flexibility index (Phi) is 4.99. The zero-order chi connectivity index (χ0) is 17.0. The summed E-state index contributed by atoms with van der Waals surface area (Å²) in [5, 5.41) is 16.6. The first-order chi connectivity index (χ1) is 10.9. The van der Waals surface area contributed by atoms with E-state index in [1.807, 2.05) is 13.8 Å². The first-order valence-electron chi connectivity index (χ1n) is 7.14. The Morgan fingerprint density at radius 1 is 1.48 bits per heavy atom. The lowest BCUT2D eigenvalue weighted by atomic mass is 10.2. The number of anilines is 2. The molecule has 9 heteroatoms. The zero-order valence-corrected chi connectivity index (χ0v) is 12.9. The van der Waals surface area contributed by atoms with Crippen LogP contribution < -0.4 is 15.5 Å². The maximum absolute atomic E-state index is 11.7. The first-order valence-corrected chi connectivity index (χ1v) is 7.14. The lowest BCUT2D eigenvalue weighted by molar-refractivity contribution is -0.384. The number of ether oxygens (including phenoxy) is 1. The van der Waals surface area contributed by atoms with Crippen LogP contribution >= 0.6 is 0 Å². The van der Waals surface area contributed by atoms with Crippen molar-refractivity contribution in [2.45, 2.75) is 19.9 Å². The number of nitro groups is 1. The number of rotatable bonds is 6. The third kappa shape index (κ3) is 4.09. The second-order valence-corrected chi connectivity index (χ2v) is 5.30. The van der Waals surface area contributed by atoms with Crippen LogP contribution in [0.25, 0.3) is 0 Å². The number of hydrogen-bond donors (Lipinski definition) is 2. The molecule has 0 spiro atoms. The Morgan fingerprint density at radius 2 is 2.22 bits per heavy atom. The summed E-state index contributed by atoms with van der Waals surface area (Å²) in [4.78, 5) is 35.1. The van der Waals surface area contributed by atoms with Crippen LogP contribution in [0, 0.1) is 10.1 Å². The Balaban J connectivity index is 2.22. The van der Waals surface area contributed by atoms with Crippen molar-refractivity contribution in [1.82, 2.24) is 5.32 Å². The molecule has 0 unspecified atom stereocenters. The highest BCUT2D eigenvalue weighted by Crippen LogP contribution is 2.32. The van der Waals surface area contributed by atoms with Gasteiger partial charge in [-0.05, 0) is 19.9 Å². The summed E-state index contributed by atoms with van der Waals surface area (Å²) in [6, 6.07) is 4.08. The molecule has 1 aliphatic heterocycles. The zero-order valence-electron chi connectivity index (χ0n) is 12.9. The summed E-state index contributed by atoms with van der Waals surface area (Å²) in [5.41, 5.74) is 0.629. The van der Waals surface area contributed by atoms with Gasteiger partial charge in [0.1, 0.15) is 6.61 Å². The number of nitrogens with one attached hydrogen (secondary N) is 2. The van der Waals surface area contributed by atoms with E-state index in [1.54, 1.807) is 0 Å². The van der Waals surface area contributed by atoms with Crippen molar-refractivity contribution in [3.63, 3.8) is 0 Å². The molecule has 0 radical (unpaired) electrons. The predicted molar refractivity (Wildman–Crippen MR) is 83.6 cm³/mol. The number of nitro benzene ring substituents is 1. The molecule has 1 fully saturated rings. The van der Waals surface area contributed by atoms with Crippen molar-refractivity contribution in [3.05, 3.63) is 28.3 Å². The molecule has 124 valence electrons. The van der Waals surface area contributed by atoms with E-state index in [-0.39, 0.29) is 30.8 Å². The van der Waals surface area contributed by atoms with Crippen molar-refractivity contribution in [2.24, 2.45) is 0 Å². The van der Waals surface area contributed by atoms with Crippen LogP contribution in [-0.2, 0) is 9.53 Å². The van der Waals surface area contributed by atoms with E-state index in [9.17, 15) is 19.7 Å². The summed E-state index contributed by atoms with van der Waals surface area (Å²) < 4.78 is 4.86. The average Bonchev–Trinajstić information content (AvgIpc) is 2.90. The third-order valence-electron chi connectivity index (χ3n) is 3.13. The Hall–Kier alpha value is -2.84. The number of non-ortho nitro benzene ring substituents is 1. The fraction of sp³-hybridized carbons (Fsp3) is 0.429. The number of amides is 2. The highest BCUT2D eigenvalue weighted by molar-refractivity contribution is 5.95. The fourth-order valence-corrected chi connectivity index (χ4v) is 2.17. The molecule has 0 bridgehead atoms. The lowest BCUT2D eigenvalue weighted by Gasteiger charge is -2.18. The monoisotopic (exact) mass is 322 g/mol. The van der Waals surface area contributed by atoms with Crippen LogP contribution in [0.4, 0.5) is 21.9 Å². The van der Waals surface area contributed by atoms with Gasteiger partial charge < -0.3 is 15.4 Å². The van der Waals surface area contributed by atoms with E-state index < -0.39 is 11.0 Å². The third-order valence-corrected chi connectivity index (χ3v) is 3.13. The van der Waals surface area contributed by atoms with Gasteiger partial charge in [-0.2, -0.15) is 0 Å². The van der Waals surface area contributed by atoms with Gasteiger partial charge in [0, 0.05) is 18.2 Å². The maximum Gasteiger partial charge on any atom is 0.414 e. The Bertz CT molecular complexity index is 632. The van der Waals surface area contributed by atoms with Crippen LogP contribution in [-0.4, -0.2) is 42.7 Å². The average molecular weight is 322 g/mol. The van der Waals surface area contributed by atoms with E-state index in [4.69, 9.17) is 4.74 Å². The minimum Gasteiger partial charge on any atom is -0.447 e. The van der Waals surface area contributed by atoms with Crippen LogP contribution in [0.3, 0.4) is 0 Å². The molecule has 0 aliphatic carbocycles. The quantitative estimate of drug-likeness (QED) is 0.606. The van der Waals surface area contributed by atoms with Gasteiger partial charge in [0.25, 0.3) is 5.69 Å². The molecule has 23 heavy (non-hydrogen) atoms. The molecule has 1 aliphatic rings. The van der Waals surface area contributed by atoms with Crippen molar-refractivity contribution >= 4 is 29.1 Å². The van der Waals surface area contributed by atoms with Gasteiger partial charge in [-0.25, -0.2) is 4.79 Å². The van der Waals surface area contributed by atoms with Crippen molar-refractivity contribution in [1.29, 1.82) is 0 Å². The molecule has 2 rings (SSSR count). The molecular weight excluding hydrogens is 304 g/mol. The molecule has 0 aromatic heterocycles. The number of nitrogens with zero attached hydrogens (tertiary/aromatic N) is 2. The maximum atomic E-state index is 11.7. The minimum absolute atomic E-state index is 0.00806. The number of benzene rings is 1. The summed E-state index contributed by atoms with van der Waals surface area (Å²) in [6.45, 7) is 4.19. The number of carbonyl (C=O) groups is 2. The van der Waals surface area contributed by atoms with Crippen molar-refractivity contribution in [3.8, 4) is 0 Å². The molecule has 0 atom stereocenters. The fourth-order valence-electron chi connectivity index (χ4n) is 2.17.